The molecule has 1 aromatic carbocycles. The number of H-pyrrole nitrogens is 1. The molecule has 4 rings (SSSR count). The lowest BCUT2D eigenvalue weighted by atomic mass is 9.91. The van der Waals surface area contributed by atoms with E-state index in [0.29, 0.717) is 0 Å². The molecule has 1 aliphatic carbocycles. The highest BCUT2D eigenvalue weighted by Gasteiger charge is 2.15. The number of nitrogens with zero attached hydrogens (tertiary/aromatic N) is 3. The predicted molar refractivity (Wildman–Crippen MR) is 86.5 cm³/mol. The second kappa shape index (κ2) is 5.64. The van der Waals surface area contributed by atoms with E-state index < -0.39 is 0 Å². The van der Waals surface area contributed by atoms with Crippen molar-refractivity contribution in [2.45, 2.75) is 37.3 Å². The minimum Gasteiger partial charge on any atom is -0.338 e. The Hall–Kier alpha value is -1.62. The summed E-state index contributed by atoms with van der Waals surface area (Å²) < 4.78 is 0. The summed E-state index contributed by atoms with van der Waals surface area (Å²) in [6.07, 6.45) is 6.88. The van der Waals surface area contributed by atoms with Crippen molar-refractivity contribution in [2.24, 2.45) is 5.92 Å². The quantitative estimate of drug-likeness (QED) is 0.737. The number of benzene rings is 1. The van der Waals surface area contributed by atoms with Gasteiger partial charge in [-0.25, -0.2) is 4.98 Å². The highest BCUT2D eigenvalue weighted by molar-refractivity contribution is 7.99. The molecule has 0 atom stereocenters. The average Bonchev–Trinajstić information content (AvgIpc) is 2.91. The Balaban J connectivity index is 1.57. The van der Waals surface area contributed by atoms with Crippen LogP contribution in [-0.4, -0.2) is 25.9 Å². The highest BCUT2D eigenvalue weighted by atomic mass is 32.2. The molecule has 0 unspecified atom stereocenters. The topological polar surface area (TPSA) is 54.5 Å². The van der Waals surface area contributed by atoms with Gasteiger partial charge in [-0.05, 0) is 24.8 Å². The number of aromatic amines is 1. The number of nitrogens with one attached hydrogen (secondary N) is 1. The van der Waals surface area contributed by atoms with Gasteiger partial charge in [-0.3, -0.25) is 0 Å². The van der Waals surface area contributed by atoms with Crippen LogP contribution in [0.3, 0.4) is 0 Å². The molecule has 0 radical (unpaired) electrons. The summed E-state index contributed by atoms with van der Waals surface area (Å²) in [5.41, 5.74) is 2.79. The van der Waals surface area contributed by atoms with Crippen molar-refractivity contribution >= 4 is 33.8 Å². The van der Waals surface area contributed by atoms with E-state index in [0.717, 1.165) is 38.9 Å². The Kier molecular flexibility index (Phi) is 3.51. The first-order chi connectivity index (χ1) is 10.4. The molecule has 4 nitrogen and oxygen atoms in total. The standard InChI is InChI=1S/C16H18N4S/c1-2-6-11(7-3-1)10-21-16-18-15-14(19-20-16)12-8-4-5-9-13(12)17-15/h4-5,8-9,11H,1-3,6-7,10H2,(H,17,18,20). The van der Waals surface area contributed by atoms with E-state index in [-0.39, 0.29) is 0 Å². The van der Waals surface area contributed by atoms with E-state index in [1.165, 1.54) is 32.1 Å². The zero-order valence-corrected chi connectivity index (χ0v) is 12.7. The van der Waals surface area contributed by atoms with Crippen molar-refractivity contribution < 1.29 is 0 Å². The Morgan fingerprint density at radius 1 is 1.10 bits per heavy atom. The Bertz CT molecular complexity index is 761. The van der Waals surface area contributed by atoms with Gasteiger partial charge < -0.3 is 4.98 Å². The zero-order valence-electron chi connectivity index (χ0n) is 11.9. The van der Waals surface area contributed by atoms with Crippen LogP contribution in [0.15, 0.2) is 29.4 Å². The largest absolute Gasteiger partial charge is 0.338 e. The maximum absolute atomic E-state index is 4.63. The molecule has 0 bridgehead atoms. The predicted octanol–water partition coefficient (Wildman–Crippen LogP) is 4.18. The number of thioether (sulfide) groups is 1. The number of rotatable bonds is 3. The van der Waals surface area contributed by atoms with Crippen LogP contribution >= 0.6 is 11.8 Å². The number of hydrogen-bond donors (Lipinski definition) is 1. The molecular formula is C16H18N4S. The van der Waals surface area contributed by atoms with Gasteiger partial charge in [0.2, 0.25) is 5.16 Å². The molecule has 0 spiro atoms. The molecule has 2 aromatic heterocycles. The fourth-order valence-electron chi connectivity index (χ4n) is 3.11. The van der Waals surface area contributed by atoms with Gasteiger partial charge in [0.05, 0.1) is 0 Å². The molecule has 1 fully saturated rings. The van der Waals surface area contributed by atoms with Crippen LogP contribution in [-0.2, 0) is 0 Å². The van der Waals surface area contributed by atoms with E-state index in [4.69, 9.17) is 0 Å². The van der Waals surface area contributed by atoms with Crippen molar-refractivity contribution in [2.75, 3.05) is 5.75 Å². The lowest BCUT2D eigenvalue weighted by molar-refractivity contribution is 0.390. The van der Waals surface area contributed by atoms with Gasteiger partial charge in [-0.1, -0.05) is 49.2 Å². The van der Waals surface area contributed by atoms with Gasteiger partial charge >= 0.3 is 0 Å². The van der Waals surface area contributed by atoms with Crippen LogP contribution in [0.1, 0.15) is 32.1 Å². The van der Waals surface area contributed by atoms with Gasteiger partial charge in [0, 0.05) is 16.7 Å². The first-order valence-corrected chi connectivity index (χ1v) is 8.62. The molecule has 0 amide bonds. The van der Waals surface area contributed by atoms with Gasteiger partial charge in [0.15, 0.2) is 5.65 Å². The Labute approximate surface area is 127 Å². The SMILES string of the molecule is c1ccc2c(c1)[nH]c1nc(SCC3CCCCC3)nnc12. The Morgan fingerprint density at radius 2 is 1.95 bits per heavy atom. The highest BCUT2D eigenvalue weighted by Crippen LogP contribution is 2.29. The fourth-order valence-corrected chi connectivity index (χ4v) is 4.09. The normalized spacial score (nSPS) is 16.8. The first-order valence-electron chi connectivity index (χ1n) is 7.64. The third-order valence-corrected chi connectivity index (χ3v) is 5.34. The lowest BCUT2D eigenvalue weighted by Crippen LogP contribution is -2.09. The summed E-state index contributed by atoms with van der Waals surface area (Å²) in [6.45, 7) is 0. The van der Waals surface area contributed by atoms with Gasteiger partial charge in [0.25, 0.3) is 0 Å². The second-order valence-electron chi connectivity index (χ2n) is 5.78. The zero-order chi connectivity index (χ0) is 14.1. The minimum atomic E-state index is 0.791. The monoisotopic (exact) mass is 298 g/mol. The molecule has 0 aliphatic heterocycles. The van der Waals surface area contributed by atoms with E-state index in [1.807, 2.05) is 18.2 Å². The van der Waals surface area contributed by atoms with Crippen molar-refractivity contribution in [3.63, 3.8) is 0 Å². The third-order valence-electron chi connectivity index (χ3n) is 4.28. The van der Waals surface area contributed by atoms with Crippen LogP contribution in [0.2, 0.25) is 0 Å². The maximum atomic E-state index is 4.63. The van der Waals surface area contributed by atoms with E-state index in [9.17, 15) is 0 Å². The summed E-state index contributed by atoms with van der Waals surface area (Å²) in [4.78, 5) is 7.96. The number of aromatic nitrogens is 4. The number of fused-ring (bicyclic) bond motifs is 3. The minimum absolute atomic E-state index is 0.791. The summed E-state index contributed by atoms with van der Waals surface area (Å²) in [5, 5.41) is 10.5. The Morgan fingerprint density at radius 3 is 2.86 bits per heavy atom. The van der Waals surface area contributed by atoms with Gasteiger partial charge in [-0.2, -0.15) is 0 Å². The fraction of sp³-hybridized carbons (Fsp3) is 0.438. The van der Waals surface area contributed by atoms with Crippen molar-refractivity contribution in [1.29, 1.82) is 0 Å². The average molecular weight is 298 g/mol. The summed E-state index contributed by atoms with van der Waals surface area (Å²) in [6, 6.07) is 8.14. The van der Waals surface area contributed by atoms with E-state index in [1.54, 1.807) is 11.8 Å². The van der Waals surface area contributed by atoms with Crippen LogP contribution in [0.4, 0.5) is 0 Å². The number of hydrogen-bond acceptors (Lipinski definition) is 4. The van der Waals surface area contributed by atoms with Crippen molar-refractivity contribution in [3.05, 3.63) is 24.3 Å². The van der Waals surface area contributed by atoms with E-state index in [2.05, 4.69) is 26.2 Å². The third kappa shape index (κ3) is 2.62. The smallest absolute Gasteiger partial charge is 0.211 e. The lowest BCUT2D eigenvalue weighted by Gasteiger charge is -2.20. The van der Waals surface area contributed by atoms with E-state index >= 15 is 0 Å². The molecule has 2 heterocycles. The van der Waals surface area contributed by atoms with Crippen molar-refractivity contribution in [3.8, 4) is 0 Å². The molecule has 0 saturated heterocycles. The summed E-state index contributed by atoms with van der Waals surface area (Å²) in [5.74, 6) is 1.94. The van der Waals surface area contributed by atoms with Crippen molar-refractivity contribution in [1.82, 2.24) is 20.2 Å². The molecule has 1 N–H and O–H groups in total. The van der Waals surface area contributed by atoms with Gasteiger partial charge in [0.1, 0.15) is 5.52 Å². The molecule has 5 heteroatoms. The molecule has 3 aromatic rings. The first kappa shape index (κ1) is 13.1. The van der Waals surface area contributed by atoms with Crippen LogP contribution in [0.25, 0.3) is 22.1 Å². The maximum Gasteiger partial charge on any atom is 0.211 e. The molecule has 21 heavy (non-hydrogen) atoms. The van der Waals surface area contributed by atoms with Crippen LogP contribution in [0, 0.1) is 5.92 Å². The molecular weight excluding hydrogens is 280 g/mol. The summed E-state index contributed by atoms with van der Waals surface area (Å²) in [7, 11) is 0. The van der Waals surface area contributed by atoms with Crippen LogP contribution in [0.5, 0.6) is 0 Å². The summed E-state index contributed by atoms with van der Waals surface area (Å²) >= 11 is 1.75. The number of para-hydroxylation sites is 1. The molecule has 1 saturated carbocycles. The van der Waals surface area contributed by atoms with Gasteiger partial charge in [-0.15, -0.1) is 10.2 Å². The van der Waals surface area contributed by atoms with Crippen LogP contribution < -0.4 is 0 Å². The second-order valence-corrected chi connectivity index (χ2v) is 6.76. The molecule has 1 aliphatic rings. The molecule has 108 valence electrons.